The Morgan fingerprint density at radius 2 is 2.00 bits per heavy atom. The van der Waals surface area contributed by atoms with Crippen molar-refractivity contribution in [1.29, 1.82) is 0 Å². The van der Waals surface area contributed by atoms with Crippen LogP contribution >= 0.6 is 15.9 Å². The number of nitrogens with zero attached hydrogens (tertiary/aromatic N) is 2. The fourth-order valence-electron chi connectivity index (χ4n) is 2.26. The van der Waals surface area contributed by atoms with E-state index >= 15 is 0 Å². The molecule has 1 saturated heterocycles. The van der Waals surface area contributed by atoms with E-state index in [0.717, 1.165) is 23.4 Å². The van der Waals surface area contributed by atoms with Crippen molar-refractivity contribution in [3.8, 4) is 0 Å². The van der Waals surface area contributed by atoms with E-state index < -0.39 is 0 Å². The third-order valence-electron chi connectivity index (χ3n) is 2.82. The molecule has 0 radical (unpaired) electrons. The van der Waals surface area contributed by atoms with Crippen molar-refractivity contribution in [2.24, 2.45) is 0 Å². The molecule has 1 aliphatic rings. The summed E-state index contributed by atoms with van der Waals surface area (Å²) < 4.78 is 1.09. The molecule has 0 aromatic carbocycles. The van der Waals surface area contributed by atoms with Crippen LogP contribution in [0.2, 0.25) is 0 Å². The van der Waals surface area contributed by atoms with Gasteiger partial charge < -0.3 is 10.2 Å². The second-order valence-corrected chi connectivity index (χ2v) is 5.55. The number of rotatable bonds is 1. The molecule has 0 aliphatic carbocycles. The summed E-state index contributed by atoms with van der Waals surface area (Å²) in [6, 6.07) is 3.15. The molecule has 16 heavy (non-hydrogen) atoms. The zero-order chi connectivity index (χ0) is 11.7. The van der Waals surface area contributed by atoms with Gasteiger partial charge >= 0.3 is 0 Å². The number of anilines is 1. The van der Waals surface area contributed by atoms with Gasteiger partial charge in [-0.05, 0) is 48.3 Å². The van der Waals surface area contributed by atoms with E-state index in [0.29, 0.717) is 12.1 Å². The first-order valence-electron chi connectivity index (χ1n) is 5.69. The van der Waals surface area contributed by atoms with Crippen LogP contribution in [0.3, 0.4) is 0 Å². The van der Waals surface area contributed by atoms with E-state index in [-0.39, 0.29) is 0 Å². The van der Waals surface area contributed by atoms with Crippen LogP contribution in [0.25, 0.3) is 0 Å². The Morgan fingerprint density at radius 3 is 2.56 bits per heavy atom. The van der Waals surface area contributed by atoms with Crippen LogP contribution in [0.15, 0.2) is 16.7 Å². The summed E-state index contributed by atoms with van der Waals surface area (Å²) in [7, 11) is 0. The van der Waals surface area contributed by atoms with Crippen molar-refractivity contribution in [3.05, 3.63) is 22.3 Å². The predicted octanol–water partition coefficient (Wildman–Crippen LogP) is 2.34. The third-order valence-corrected chi connectivity index (χ3v) is 3.40. The quantitative estimate of drug-likeness (QED) is 0.858. The van der Waals surface area contributed by atoms with Gasteiger partial charge in [-0.15, -0.1) is 0 Å². The average molecular weight is 284 g/mol. The Balaban J connectivity index is 2.23. The average Bonchev–Trinajstić information content (AvgIpc) is 2.15. The minimum atomic E-state index is 0.513. The van der Waals surface area contributed by atoms with Crippen molar-refractivity contribution in [1.82, 2.24) is 10.3 Å². The molecule has 1 aromatic heterocycles. The lowest BCUT2D eigenvalue weighted by Gasteiger charge is -2.37. The van der Waals surface area contributed by atoms with Gasteiger partial charge in [0.1, 0.15) is 5.82 Å². The molecule has 88 valence electrons. The molecule has 0 amide bonds. The molecular formula is C12H18BrN3. The lowest BCUT2D eigenvalue weighted by molar-refractivity contribution is 0.405. The predicted molar refractivity (Wildman–Crippen MR) is 70.9 cm³/mol. The smallest absolute Gasteiger partial charge is 0.142 e. The molecular weight excluding hydrogens is 266 g/mol. The van der Waals surface area contributed by atoms with E-state index in [4.69, 9.17) is 0 Å². The summed E-state index contributed by atoms with van der Waals surface area (Å²) in [6.45, 7) is 8.51. The molecule has 1 N–H and O–H groups in total. The number of halogens is 1. The lowest BCUT2D eigenvalue weighted by atomic mass is 10.1. The topological polar surface area (TPSA) is 28.2 Å². The van der Waals surface area contributed by atoms with Gasteiger partial charge in [0, 0.05) is 31.4 Å². The number of piperazine rings is 1. The summed E-state index contributed by atoms with van der Waals surface area (Å²) in [5.74, 6) is 1.06. The number of hydrogen-bond acceptors (Lipinski definition) is 3. The van der Waals surface area contributed by atoms with Gasteiger partial charge in [-0.25, -0.2) is 4.98 Å². The highest BCUT2D eigenvalue weighted by Crippen LogP contribution is 2.25. The fourth-order valence-corrected chi connectivity index (χ4v) is 2.97. The number of nitrogens with one attached hydrogen (secondary N) is 1. The Kier molecular flexibility index (Phi) is 3.50. The molecule has 0 spiro atoms. The second kappa shape index (κ2) is 4.72. The molecule has 2 unspecified atom stereocenters. The lowest BCUT2D eigenvalue weighted by Crippen LogP contribution is -2.54. The molecule has 2 rings (SSSR count). The highest BCUT2D eigenvalue weighted by atomic mass is 79.9. The van der Waals surface area contributed by atoms with Crippen LogP contribution in [0.1, 0.15) is 19.4 Å². The van der Waals surface area contributed by atoms with E-state index in [1.54, 1.807) is 0 Å². The summed E-state index contributed by atoms with van der Waals surface area (Å²) in [5.41, 5.74) is 1.19. The van der Waals surface area contributed by atoms with E-state index in [1.807, 2.05) is 6.20 Å². The Morgan fingerprint density at radius 1 is 1.38 bits per heavy atom. The van der Waals surface area contributed by atoms with Crippen LogP contribution < -0.4 is 10.2 Å². The molecule has 1 fully saturated rings. The van der Waals surface area contributed by atoms with Gasteiger partial charge in [-0.1, -0.05) is 0 Å². The molecule has 4 heteroatoms. The van der Waals surface area contributed by atoms with Crippen LogP contribution in [0.5, 0.6) is 0 Å². The summed E-state index contributed by atoms with van der Waals surface area (Å²) >= 11 is 3.60. The standard InChI is InChI=1S/C12H18BrN3/c1-8-4-11(13)12(14-5-8)16-6-9(2)15-10(3)7-16/h4-5,9-10,15H,6-7H2,1-3H3. The summed E-state index contributed by atoms with van der Waals surface area (Å²) in [5, 5.41) is 3.53. The highest BCUT2D eigenvalue weighted by Gasteiger charge is 2.23. The first kappa shape index (κ1) is 11.9. The molecule has 1 aromatic rings. The number of hydrogen-bond donors (Lipinski definition) is 1. The van der Waals surface area contributed by atoms with Crippen molar-refractivity contribution in [2.45, 2.75) is 32.9 Å². The fraction of sp³-hybridized carbons (Fsp3) is 0.583. The largest absolute Gasteiger partial charge is 0.353 e. The maximum absolute atomic E-state index is 4.52. The van der Waals surface area contributed by atoms with Crippen LogP contribution in [-0.2, 0) is 0 Å². The van der Waals surface area contributed by atoms with Crippen molar-refractivity contribution < 1.29 is 0 Å². The van der Waals surface area contributed by atoms with Gasteiger partial charge in [0.15, 0.2) is 0 Å². The molecule has 2 heterocycles. The molecule has 0 saturated carbocycles. The maximum Gasteiger partial charge on any atom is 0.142 e. The van der Waals surface area contributed by atoms with Crippen molar-refractivity contribution in [3.63, 3.8) is 0 Å². The van der Waals surface area contributed by atoms with E-state index in [2.05, 4.69) is 58.0 Å². The number of aromatic nitrogens is 1. The minimum absolute atomic E-state index is 0.513. The number of pyridine rings is 1. The van der Waals surface area contributed by atoms with Crippen LogP contribution in [0.4, 0.5) is 5.82 Å². The van der Waals surface area contributed by atoms with Gasteiger partial charge in [0.25, 0.3) is 0 Å². The minimum Gasteiger partial charge on any atom is -0.353 e. The van der Waals surface area contributed by atoms with Gasteiger partial charge in [0.05, 0.1) is 4.47 Å². The third kappa shape index (κ3) is 2.55. The highest BCUT2D eigenvalue weighted by molar-refractivity contribution is 9.10. The second-order valence-electron chi connectivity index (χ2n) is 4.69. The Labute approximate surface area is 105 Å². The monoisotopic (exact) mass is 283 g/mol. The molecule has 1 aliphatic heterocycles. The number of aryl methyl sites for hydroxylation is 1. The first-order valence-corrected chi connectivity index (χ1v) is 6.48. The van der Waals surface area contributed by atoms with E-state index in [9.17, 15) is 0 Å². The molecule has 2 atom stereocenters. The summed E-state index contributed by atoms with van der Waals surface area (Å²) in [4.78, 5) is 6.86. The SMILES string of the molecule is Cc1cnc(N2CC(C)NC(C)C2)c(Br)c1. The van der Waals surface area contributed by atoms with Gasteiger partial charge in [-0.3, -0.25) is 0 Å². The first-order chi connectivity index (χ1) is 7.56. The zero-order valence-corrected chi connectivity index (χ0v) is 11.6. The maximum atomic E-state index is 4.52. The van der Waals surface area contributed by atoms with E-state index in [1.165, 1.54) is 5.56 Å². The van der Waals surface area contributed by atoms with Crippen LogP contribution in [-0.4, -0.2) is 30.2 Å². The van der Waals surface area contributed by atoms with Crippen molar-refractivity contribution >= 4 is 21.7 Å². The van der Waals surface area contributed by atoms with Crippen LogP contribution in [0, 0.1) is 6.92 Å². The Hall–Kier alpha value is -0.610. The molecule has 3 nitrogen and oxygen atoms in total. The Bertz CT molecular complexity index is 371. The van der Waals surface area contributed by atoms with Gasteiger partial charge in [0.2, 0.25) is 0 Å². The summed E-state index contributed by atoms with van der Waals surface area (Å²) in [6.07, 6.45) is 1.93. The zero-order valence-electron chi connectivity index (χ0n) is 10.00. The normalized spacial score (nSPS) is 25.9. The molecule has 0 bridgehead atoms. The van der Waals surface area contributed by atoms with Gasteiger partial charge in [-0.2, -0.15) is 0 Å². The van der Waals surface area contributed by atoms with Crippen molar-refractivity contribution in [2.75, 3.05) is 18.0 Å².